The number of hydrogen-bond acceptors (Lipinski definition) is 7. The first-order valence-corrected chi connectivity index (χ1v) is 15.8. The van der Waals surface area contributed by atoms with Crippen molar-refractivity contribution in [2.75, 3.05) is 13.2 Å². The molecular formula is C36H42N4O7. The van der Waals surface area contributed by atoms with Crippen LogP contribution in [0.2, 0.25) is 0 Å². The third-order valence-corrected chi connectivity index (χ3v) is 7.92. The number of hydrogen-bond donors (Lipinski definition) is 4. The zero-order valence-electron chi connectivity index (χ0n) is 26.5. The summed E-state index contributed by atoms with van der Waals surface area (Å²) in [5.74, 6) is -2.75. The van der Waals surface area contributed by atoms with Crippen molar-refractivity contribution in [3.05, 3.63) is 108 Å². The molecule has 0 saturated carbocycles. The van der Waals surface area contributed by atoms with E-state index < -0.39 is 47.7 Å². The van der Waals surface area contributed by atoms with E-state index in [1.165, 1.54) is 6.92 Å². The van der Waals surface area contributed by atoms with E-state index >= 15 is 0 Å². The van der Waals surface area contributed by atoms with Crippen molar-refractivity contribution >= 4 is 29.6 Å². The molecule has 1 aliphatic heterocycles. The van der Waals surface area contributed by atoms with Gasteiger partial charge in [-0.25, -0.2) is 4.79 Å². The molecule has 0 unspecified atom stereocenters. The number of Topliss-reactive ketones (excluding diaryl/α,β-unsaturated/α-hetero) is 1. The number of alkyl carbamates (subject to hydrolysis) is 1. The third-order valence-electron chi connectivity index (χ3n) is 7.92. The molecule has 3 aromatic rings. The fourth-order valence-electron chi connectivity index (χ4n) is 5.21. The summed E-state index contributed by atoms with van der Waals surface area (Å²) < 4.78 is 10.7. The SMILES string of the molecule is C[C@H](NC(=O)OCc1ccccc1)C(=O)N[C@@H](CC1CCOCC1)C(=O)N[C@@H](Cc1ccccc1)C(=O)C(=O)NCc1ccccc1. The van der Waals surface area contributed by atoms with Gasteiger partial charge in [0.25, 0.3) is 5.91 Å². The van der Waals surface area contributed by atoms with Gasteiger partial charge in [-0.05, 0) is 48.8 Å². The van der Waals surface area contributed by atoms with Gasteiger partial charge >= 0.3 is 6.09 Å². The summed E-state index contributed by atoms with van der Waals surface area (Å²) in [7, 11) is 0. The van der Waals surface area contributed by atoms with E-state index in [0.717, 1.165) is 16.7 Å². The van der Waals surface area contributed by atoms with Crippen LogP contribution < -0.4 is 21.3 Å². The Balaban J connectivity index is 1.43. The van der Waals surface area contributed by atoms with Gasteiger partial charge < -0.3 is 30.7 Å². The predicted octanol–water partition coefficient (Wildman–Crippen LogP) is 3.22. The van der Waals surface area contributed by atoms with Gasteiger partial charge in [0.2, 0.25) is 17.6 Å². The largest absolute Gasteiger partial charge is 0.445 e. The zero-order valence-corrected chi connectivity index (χ0v) is 26.5. The van der Waals surface area contributed by atoms with E-state index in [0.29, 0.717) is 32.5 Å². The highest BCUT2D eigenvalue weighted by Crippen LogP contribution is 2.21. The Morgan fingerprint density at radius 1 is 0.723 bits per heavy atom. The lowest BCUT2D eigenvalue weighted by atomic mass is 9.91. The highest BCUT2D eigenvalue weighted by Gasteiger charge is 2.33. The number of nitrogens with one attached hydrogen (secondary N) is 4. The summed E-state index contributed by atoms with van der Waals surface area (Å²) in [4.78, 5) is 65.9. The van der Waals surface area contributed by atoms with Gasteiger partial charge in [-0.15, -0.1) is 0 Å². The van der Waals surface area contributed by atoms with Gasteiger partial charge in [-0.3, -0.25) is 19.2 Å². The van der Waals surface area contributed by atoms with Crippen LogP contribution in [0.4, 0.5) is 4.79 Å². The molecule has 3 atom stereocenters. The average molecular weight is 643 g/mol. The summed E-state index contributed by atoms with van der Waals surface area (Å²) >= 11 is 0. The first kappa shape index (κ1) is 34.8. The van der Waals surface area contributed by atoms with Crippen molar-refractivity contribution in [1.82, 2.24) is 21.3 Å². The van der Waals surface area contributed by atoms with Crippen LogP contribution in [0.1, 0.15) is 42.9 Å². The Kier molecular flexibility index (Phi) is 13.5. The minimum absolute atomic E-state index is 0.0333. The Morgan fingerprint density at radius 3 is 1.89 bits per heavy atom. The van der Waals surface area contributed by atoms with E-state index in [9.17, 15) is 24.0 Å². The van der Waals surface area contributed by atoms with Crippen LogP contribution in [0.5, 0.6) is 0 Å². The van der Waals surface area contributed by atoms with Crippen molar-refractivity contribution in [3.63, 3.8) is 0 Å². The van der Waals surface area contributed by atoms with Gasteiger partial charge in [0.15, 0.2) is 0 Å². The molecule has 0 radical (unpaired) electrons. The summed E-state index contributed by atoms with van der Waals surface area (Å²) in [6, 6.07) is 24.1. The number of ether oxygens (including phenoxy) is 2. The quantitative estimate of drug-likeness (QED) is 0.186. The van der Waals surface area contributed by atoms with Crippen molar-refractivity contribution in [2.45, 2.75) is 63.9 Å². The molecule has 47 heavy (non-hydrogen) atoms. The van der Waals surface area contributed by atoms with Gasteiger partial charge in [0.05, 0.1) is 0 Å². The Bertz CT molecular complexity index is 1460. The average Bonchev–Trinajstić information content (AvgIpc) is 3.10. The fraction of sp³-hybridized carbons (Fsp3) is 0.361. The van der Waals surface area contributed by atoms with E-state index in [2.05, 4.69) is 21.3 Å². The first-order chi connectivity index (χ1) is 22.8. The molecule has 4 rings (SSSR count). The molecule has 1 fully saturated rings. The minimum atomic E-state index is -1.18. The highest BCUT2D eigenvalue weighted by atomic mass is 16.5. The molecule has 4 amide bonds. The maximum atomic E-state index is 13.8. The lowest BCUT2D eigenvalue weighted by molar-refractivity contribution is -0.140. The molecule has 3 aromatic carbocycles. The smallest absolute Gasteiger partial charge is 0.408 e. The minimum Gasteiger partial charge on any atom is -0.445 e. The van der Waals surface area contributed by atoms with E-state index in [1.54, 1.807) is 12.1 Å². The number of amides is 4. The number of carbonyl (C=O) groups is 5. The lowest BCUT2D eigenvalue weighted by Gasteiger charge is -2.29. The third kappa shape index (κ3) is 11.7. The number of ketones is 1. The molecule has 1 aliphatic rings. The van der Waals surface area contributed by atoms with Crippen molar-refractivity contribution in [3.8, 4) is 0 Å². The van der Waals surface area contributed by atoms with Gasteiger partial charge in [-0.2, -0.15) is 0 Å². The summed E-state index contributed by atoms with van der Waals surface area (Å²) in [6.07, 6.45) is 0.990. The highest BCUT2D eigenvalue weighted by molar-refractivity contribution is 6.38. The molecule has 0 aliphatic carbocycles. The van der Waals surface area contributed by atoms with E-state index in [1.807, 2.05) is 78.9 Å². The normalized spacial score (nSPS) is 14.9. The summed E-state index contributed by atoms with van der Waals surface area (Å²) in [5, 5.41) is 10.6. The summed E-state index contributed by atoms with van der Waals surface area (Å²) in [5.41, 5.74) is 2.36. The second kappa shape index (κ2) is 18.2. The monoisotopic (exact) mass is 642 g/mol. The molecule has 248 valence electrons. The van der Waals surface area contributed by atoms with Gasteiger partial charge in [0.1, 0.15) is 24.7 Å². The Morgan fingerprint density at radius 2 is 1.28 bits per heavy atom. The molecule has 0 spiro atoms. The molecule has 11 nitrogen and oxygen atoms in total. The number of rotatable bonds is 15. The molecule has 4 N–H and O–H groups in total. The Hall–Kier alpha value is -5.03. The first-order valence-electron chi connectivity index (χ1n) is 15.8. The van der Waals surface area contributed by atoms with Crippen molar-refractivity contribution < 1.29 is 33.4 Å². The molecular weight excluding hydrogens is 600 g/mol. The maximum absolute atomic E-state index is 13.8. The molecule has 0 bridgehead atoms. The maximum Gasteiger partial charge on any atom is 0.408 e. The van der Waals surface area contributed by atoms with Crippen LogP contribution in [-0.4, -0.2) is 60.9 Å². The second-order valence-electron chi connectivity index (χ2n) is 11.6. The van der Waals surface area contributed by atoms with Crippen LogP contribution in [0.3, 0.4) is 0 Å². The zero-order chi connectivity index (χ0) is 33.4. The number of carbonyl (C=O) groups excluding carboxylic acids is 5. The van der Waals surface area contributed by atoms with E-state index in [4.69, 9.17) is 9.47 Å². The van der Waals surface area contributed by atoms with Gasteiger partial charge in [-0.1, -0.05) is 91.0 Å². The summed E-state index contributed by atoms with van der Waals surface area (Å²) in [6.45, 7) is 2.75. The standard InChI is InChI=1S/C36H42N4O7/c1-25(38-36(45)47-24-29-15-9-4-10-16-29)33(42)40-31(22-27-17-19-46-20-18-27)34(43)39-30(21-26-11-5-2-6-12-26)32(41)35(44)37-23-28-13-7-3-8-14-28/h2-16,25,27,30-31H,17-24H2,1H3,(H,37,44)(H,38,45)(H,39,43)(H,40,42)/t25-,30-,31-/m0/s1. The van der Waals surface area contributed by atoms with E-state index in [-0.39, 0.29) is 25.5 Å². The molecule has 11 heteroatoms. The molecule has 1 heterocycles. The predicted molar refractivity (Wildman–Crippen MR) is 175 cm³/mol. The van der Waals surface area contributed by atoms with Crippen molar-refractivity contribution in [2.24, 2.45) is 5.92 Å². The van der Waals surface area contributed by atoms with Crippen LogP contribution in [-0.2, 0) is 48.2 Å². The number of benzene rings is 3. The fourth-order valence-corrected chi connectivity index (χ4v) is 5.21. The van der Waals surface area contributed by atoms with Crippen LogP contribution in [0.15, 0.2) is 91.0 Å². The molecule has 0 aromatic heterocycles. The van der Waals surface area contributed by atoms with Crippen LogP contribution in [0.25, 0.3) is 0 Å². The lowest BCUT2D eigenvalue weighted by Crippen LogP contribution is -2.57. The topological polar surface area (TPSA) is 152 Å². The second-order valence-corrected chi connectivity index (χ2v) is 11.6. The van der Waals surface area contributed by atoms with Crippen LogP contribution in [0, 0.1) is 5.92 Å². The Labute approximate surface area is 274 Å². The molecule has 1 saturated heterocycles. The van der Waals surface area contributed by atoms with Gasteiger partial charge in [0, 0.05) is 26.2 Å². The van der Waals surface area contributed by atoms with Crippen molar-refractivity contribution in [1.29, 1.82) is 0 Å². The van der Waals surface area contributed by atoms with Crippen LogP contribution >= 0.6 is 0 Å².